The van der Waals surface area contributed by atoms with Crippen molar-refractivity contribution in [2.45, 2.75) is 71.2 Å². The minimum absolute atomic E-state index is 0.208. The average Bonchev–Trinajstić information content (AvgIpc) is 2.54. The van der Waals surface area contributed by atoms with Crippen molar-refractivity contribution in [2.75, 3.05) is 13.2 Å². The van der Waals surface area contributed by atoms with Crippen molar-refractivity contribution >= 4 is 23.8 Å². The lowest BCUT2D eigenvalue weighted by Crippen LogP contribution is -2.61. The molecular weight excluding hydrogens is 372 g/mol. The fourth-order valence-corrected chi connectivity index (χ4v) is 2.67. The number of rotatable bonds is 10. The summed E-state index contributed by atoms with van der Waals surface area (Å²) in [5.41, 5.74) is -1.49. The van der Waals surface area contributed by atoms with Crippen LogP contribution in [0, 0.1) is 5.41 Å². The summed E-state index contributed by atoms with van der Waals surface area (Å²) < 4.78 is 9.94. The zero-order chi connectivity index (χ0) is 21.5. The second-order valence-electron chi connectivity index (χ2n) is 7.32. The summed E-state index contributed by atoms with van der Waals surface area (Å²) in [6, 6.07) is -2.61. The normalized spacial score (nSPS) is 17.3. The summed E-state index contributed by atoms with van der Waals surface area (Å²) in [5, 5.41) is 23.5. The van der Waals surface area contributed by atoms with Crippen LogP contribution in [0.5, 0.6) is 0 Å². The summed E-state index contributed by atoms with van der Waals surface area (Å²) in [5.74, 6) is -3.11. The van der Waals surface area contributed by atoms with E-state index in [9.17, 15) is 29.4 Å². The second-order valence-corrected chi connectivity index (χ2v) is 7.32. The van der Waals surface area contributed by atoms with Crippen molar-refractivity contribution in [2.24, 2.45) is 5.41 Å². The zero-order valence-corrected chi connectivity index (χ0v) is 16.7. The molecule has 0 unspecified atom stereocenters. The predicted molar refractivity (Wildman–Crippen MR) is 96.8 cm³/mol. The predicted octanol–water partition coefficient (Wildman–Crippen LogP) is -0.986. The summed E-state index contributed by atoms with van der Waals surface area (Å²) in [6.45, 7) is 5.13. The molecular formula is C18H30N2O8. The Hall–Kier alpha value is -2.20. The number of hydrogen-bond donors (Lipinski definition) is 4. The highest BCUT2D eigenvalue weighted by atomic mass is 16.5. The Balaban J connectivity index is 2.84. The van der Waals surface area contributed by atoms with Crippen LogP contribution in [0.2, 0.25) is 0 Å². The molecule has 160 valence electrons. The van der Waals surface area contributed by atoms with Crippen LogP contribution in [-0.2, 0) is 28.7 Å². The maximum absolute atomic E-state index is 12.7. The molecule has 4 N–H and O–H groups in total. The van der Waals surface area contributed by atoms with E-state index in [4.69, 9.17) is 9.47 Å². The van der Waals surface area contributed by atoms with E-state index < -0.39 is 66.7 Å². The number of aliphatic hydroxyl groups is 2. The number of ether oxygens (including phenoxy) is 2. The number of amides is 2. The quantitative estimate of drug-likeness (QED) is 0.269. The van der Waals surface area contributed by atoms with Gasteiger partial charge < -0.3 is 30.3 Å². The van der Waals surface area contributed by atoms with Crippen LogP contribution in [0.3, 0.4) is 0 Å². The minimum atomic E-state index is -1.49. The van der Waals surface area contributed by atoms with Gasteiger partial charge in [-0.3, -0.25) is 9.59 Å². The highest BCUT2D eigenvalue weighted by molar-refractivity contribution is 6.07. The standard InChI is InChI=1S/C18H30N2O8/c1-10(2)27-14(23)12(8-21)19-16(25)18(6-5-7-18)17(26)20-13(9-22)15(24)28-11(3)4/h10-13,21-22H,5-9H2,1-4H3,(H,19,25)(H,20,26)/t12-,13-/m1/s1. The molecule has 0 aromatic heterocycles. The Morgan fingerprint density at radius 3 is 1.39 bits per heavy atom. The van der Waals surface area contributed by atoms with Gasteiger partial charge in [0, 0.05) is 0 Å². The van der Waals surface area contributed by atoms with Crippen LogP contribution in [0.4, 0.5) is 0 Å². The molecule has 1 rings (SSSR count). The van der Waals surface area contributed by atoms with E-state index >= 15 is 0 Å². The smallest absolute Gasteiger partial charge is 0.331 e. The minimum Gasteiger partial charge on any atom is -0.461 e. The SMILES string of the molecule is CC(C)OC(=O)[C@@H](CO)NC(=O)C1(C(=O)N[C@H](CO)C(=O)OC(C)C)CCC1. The largest absolute Gasteiger partial charge is 0.461 e. The number of nitrogens with one attached hydrogen (secondary N) is 2. The van der Waals surface area contributed by atoms with Crippen LogP contribution in [-0.4, -0.2) is 71.5 Å². The zero-order valence-electron chi connectivity index (χ0n) is 16.7. The topological polar surface area (TPSA) is 151 Å². The first kappa shape index (κ1) is 23.8. The average molecular weight is 402 g/mol. The fraction of sp³-hybridized carbons (Fsp3) is 0.778. The molecule has 1 saturated carbocycles. The van der Waals surface area contributed by atoms with E-state index in [-0.39, 0.29) is 12.8 Å². The third-order valence-corrected chi connectivity index (χ3v) is 4.32. The van der Waals surface area contributed by atoms with Crippen molar-refractivity contribution in [3.8, 4) is 0 Å². The Bertz CT molecular complexity index is 540. The summed E-state index contributed by atoms with van der Waals surface area (Å²) >= 11 is 0. The summed E-state index contributed by atoms with van der Waals surface area (Å²) in [4.78, 5) is 49.3. The van der Waals surface area contributed by atoms with Gasteiger partial charge in [-0.25, -0.2) is 9.59 Å². The van der Waals surface area contributed by atoms with E-state index in [0.29, 0.717) is 6.42 Å². The lowest BCUT2D eigenvalue weighted by atomic mass is 9.67. The number of esters is 2. The second kappa shape index (κ2) is 10.4. The molecule has 0 saturated heterocycles. The van der Waals surface area contributed by atoms with Gasteiger partial charge in [0.25, 0.3) is 0 Å². The van der Waals surface area contributed by atoms with Crippen LogP contribution in [0.1, 0.15) is 47.0 Å². The summed E-state index contributed by atoms with van der Waals surface area (Å²) in [6.07, 6.45) is 0.147. The number of carbonyl (C=O) groups is 4. The molecule has 10 heteroatoms. The molecule has 0 radical (unpaired) electrons. The lowest BCUT2D eigenvalue weighted by molar-refractivity contribution is -0.160. The molecule has 2 amide bonds. The van der Waals surface area contributed by atoms with Crippen molar-refractivity contribution in [3.05, 3.63) is 0 Å². The molecule has 1 aliphatic rings. The monoisotopic (exact) mass is 402 g/mol. The van der Waals surface area contributed by atoms with Crippen LogP contribution in [0.25, 0.3) is 0 Å². The van der Waals surface area contributed by atoms with Gasteiger partial charge in [-0.2, -0.15) is 0 Å². The van der Waals surface area contributed by atoms with E-state index in [0.717, 1.165) is 0 Å². The van der Waals surface area contributed by atoms with Crippen molar-refractivity contribution in [1.82, 2.24) is 10.6 Å². The van der Waals surface area contributed by atoms with Crippen molar-refractivity contribution in [3.63, 3.8) is 0 Å². The van der Waals surface area contributed by atoms with E-state index in [1.54, 1.807) is 27.7 Å². The Morgan fingerprint density at radius 1 is 0.821 bits per heavy atom. The van der Waals surface area contributed by atoms with Gasteiger partial charge >= 0.3 is 11.9 Å². The first-order valence-electron chi connectivity index (χ1n) is 9.32. The molecule has 0 bridgehead atoms. The Kier molecular flexibility index (Phi) is 8.83. The number of carbonyl (C=O) groups excluding carboxylic acids is 4. The highest BCUT2D eigenvalue weighted by Crippen LogP contribution is 2.41. The number of hydrogen-bond acceptors (Lipinski definition) is 8. The maximum atomic E-state index is 12.7. The molecule has 0 heterocycles. The third kappa shape index (κ3) is 5.90. The molecule has 10 nitrogen and oxygen atoms in total. The molecule has 1 aliphatic carbocycles. The molecule has 28 heavy (non-hydrogen) atoms. The van der Waals surface area contributed by atoms with E-state index in [1.807, 2.05) is 0 Å². The van der Waals surface area contributed by atoms with Gasteiger partial charge in [0.05, 0.1) is 25.4 Å². The van der Waals surface area contributed by atoms with Crippen LogP contribution in [0.15, 0.2) is 0 Å². The van der Waals surface area contributed by atoms with Gasteiger partial charge in [0.15, 0.2) is 12.1 Å². The maximum Gasteiger partial charge on any atom is 0.331 e. The fourth-order valence-electron chi connectivity index (χ4n) is 2.67. The lowest BCUT2D eigenvalue weighted by Gasteiger charge is -2.39. The molecule has 1 fully saturated rings. The Labute approximate surface area is 163 Å². The molecule has 2 atom stereocenters. The Morgan fingerprint density at radius 2 is 1.18 bits per heavy atom. The number of aliphatic hydroxyl groups excluding tert-OH is 2. The van der Waals surface area contributed by atoms with Crippen molar-refractivity contribution in [1.29, 1.82) is 0 Å². The first-order chi connectivity index (χ1) is 13.1. The molecule has 0 aromatic rings. The van der Waals surface area contributed by atoms with Crippen LogP contribution >= 0.6 is 0 Å². The van der Waals surface area contributed by atoms with Gasteiger partial charge in [-0.1, -0.05) is 6.42 Å². The van der Waals surface area contributed by atoms with Crippen LogP contribution < -0.4 is 10.6 Å². The first-order valence-corrected chi connectivity index (χ1v) is 9.32. The molecule has 0 aromatic carbocycles. The van der Waals surface area contributed by atoms with Gasteiger partial charge in [-0.05, 0) is 40.5 Å². The van der Waals surface area contributed by atoms with Gasteiger partial charge in [-0.15, -0.1) is 0 Å². The highest BCUT2D eigenvalue weighted by Gasteiger charge is 2.52. The summed E-state index contributed by atoms with van der Waals surface area (Å²) in [7, 11) is 0. The molecule has 0 spiro atoms. The third-order valence-electron chi connectivity index (χ3n) is 4.32. The van der Waals surface area contributed by atoms with Crippen molar-refractivity contribution < 1.29 is 38.9 Å². The molecule has 0 aliphatic heterocycles. The van der Waals surface area contributed by atoms with E-state index in [2.05, 4.69) is 10.6 Å². The van der Waals surface area contributed by atoms with Gasteiger partial charge in [0.1, 0.15) is 5.41 Å². The van der Waals surface area contributed by atoms with Gasteiger partial charge in [0.2, 0.25) is 11.8 Å². The van der Waals surface area contributed by atoms with E-state index in [1.165, 1.54) is 0 Å².